The number of aromatic nitrogens is 4. The van der Waals surface area contributed by atoms with Crippen LogP contribution in [0.2, 0.25) is 0 Å². The number of nitrogens with two attached hydrogens (primary N) is 1. The van der Waals surface area contributed by atoms with Gasteiger partial charge in [0.05, 0.1) is 52.9 Å². The van der Waals surface area contributed by atoms with Crippen LogP contribution < -0.4 is 15.8 Å². The van der Waals surface area contributed by atoms with Crippen molar-refractivity contribution in [3.63, 3.8) is 0 Å². The van der Waals surface area contributed by atoms with Crippen molar-refractivity contribution < 1.29 is 28.2 Å². The van der Waals surface area contributed by atoms with Gasteiger partial charge in [0, 0.05) is 48.5 Å². The summed E-state index contributed by atoms with van der Waals surface area (Å²) in [5, 5.41) is 12.5. The molecule has 10 nitrogen and oxygen atoms in total. The average molecular weight is 641 g/mol. The largest absolute Gasteiger partial charge is 0.478 e. The monoisotopic (exact) mass is 640 g/mol. The van der Waals surface area contributed by atoms with Crippen molar-refractivity contribution in [3.8, 4) is 17.1 Å². The minimum absolute atomic E-state index is 0.0144. The first-order chi connectivity index (χ1) is 22.5. The Kier molecular flexibility index (Phi) is 8.61. The molecule has 0 saturated carbocycles. The lowest BCUT2D eigenvalue weighted by Crippen LogP contribution is -2.27. The van der Waals surface area contributed by atoms with E-state index in [0.29, 0.717) is 41.5 Å². The summed E-state index contributed by atoms with van der Waals surface area (Å²) < 4.78 is 44.9. The van der Waals surface area contributed by atoms with Crippen molar-refractivity contribution in [2.24, 2.45) is 11.1 Å². The van der Waals surface area contributed by atoms with Crippen LogP contribution in [-0.2, 0) is 17.8 Å². The highest BCUT2D eigenvalue weighted by molar-refractivity contribution is 5.92. The van der Waals surface area contributed by atoms with E-state index < -0.39 is 17.6 Å². The van der Waals surface area contributed by atoms with Gasteiger partial charge in [-0.05, 0) is 48.0 Å². The van der Waals surface area contributed by atoms with E-state index in [1.807, 2.05) is 24.5 Å². The number of rotatable bonds is 10. The summed E-state index contributed by atoms with van der Waals surface area (Å²) >= 11 is 0. The normalized spacial score (nSPS) is 16.0. The third-order valence-corrected chi connectivity index (χ3v) is 8.26. The molecule has 0 spiro atoms. The minimum atomic E-state index is -1.07. The number of carboxylic acid groups (broad SMARTS) is 1. The van der Waals surface area contributed by atoms with E-state index in [-0.39, 0.29) is 52.7 Å². The number of hydrogen-bond donors (Lipinski definition) is 3. The van der Waals surface area contributed by atoms with Crippen LogP contribution >= 0.6 is 0 Å². The summed E-state index contributed by atoms with van der Waals surface area (Å²) in [7, 11) is 1.75. The Bertz CT molecular complexity index is 1990. The quantitative estimate of drug-likeness (QED) is 0.175. The molecule has 1 fully saturated rings. The summed E-state index contributed by atoms with van der Waals surface area (Å²) in [6.07, 6.45) is 3.26. The fourth-order valence-corrected chi connectivity index (χ4v) is 5.73. The van der Waals surface area contributed by atoms with Gasteiger partial charge in [-0.3, -0.25) is 4.98 Å². The number of fused-ring (bicyclic) bond motifs is 1. The molecule has 0 amide bonds. The molecule has 0 bridgehead atoms. The van der Waals surface area contributed by atoms with E-state index in [4.69, 9.17) is 20.2 Å². The number of nitrogens with zero attached hydrogens (tertiary/aromatic N) is 4. The smallest absolute Gasteiger partial charge is 0.335 e. The standard InChI is InChI=1S/C35H34F2N6O4/c1-35(2)19-46-18-31(35)43-30-12-21(34(44)45)8-10-29(30)41-32(43)13-22-11-25(37)23(14-24(22)36)27-5-4-6-33(42-27)47-17-20-7-9-28(40-15-20)26(38)16-39-3/h4-12,14-16,31,39H,13,17-19,38H2,1-3H3,(H,44,45)/b26-16-. The van der Waals surface area contributed by atoms with Gasteiger partial charge in [-0.25, -0.2) is 23.5 Å². The molecule has 1 saturated heterocycles. The Morgan fingerprint density at radius 1 is 1.15 bits per heavy atom. The van der Waals surface area contributed by atoms with Crippen LogP contribution in [0.4, 0.5) is 8.78 Å². The Hall–Kier alpha value is -5.36. The van der Waals surface area contributed by atoms with E-state index in [9.17, 15) is 9.90 Å². The predicted molar refractivity (Wildman–Crippen MR) is 173 cm³/mol. The number of carbonyl (C=O) groups is 1. The van der Waals surface area contributed by atoms with Gasteiger partial charge in [-0.1, -0.05) is 26.0 Å². The Morgan fingerprint density at radius 2 is 1.98 bits per heavy atom. The van der Waals surface area contributed by atoms with E-state index in [2.05, 4.69) is 15.3 Å². The lowest BCUT2D eigenvalue weighted by atomic mass is 9.87. The van der Waals surface area contributed by atoms with Crippen LogP contribution in [0, 0.1) is 17.0 Å². The molecule has 242 valence electrons. The number of nitrogens with one attached hydrogen (secondary N) is 1. The van der Waals surface area contributed by atoms with Crippen molar-refractivity contribution in [2.75, 3.05) is 20.3 Å². The Labute approximate surface area is 269 Å². The van der Waals surface area contributed by atoms with Gasteiger partial charge in [0.1, 0.15) is 24.1 Å². The van der Waals surface area contributed by atoms with Gasteiger partial charge < -0.3 is 30.2 Å². The maximum atomic E-state index is 15.7. The lowest BCUT2D eigenvalue weighted by molar-refractivity contribution is 0.0697. The molecule has 6 rings (SSSR count). The Morgan fingerprint density at radius 3 is 2.68 bits per heavy atom. The molecule has 4 heterocycles. The zero-order chi connectivity index (χ0) is 33.3. The molecule has 1 aliphatic heterocycles. The maximum Gasteiger partial charge on any atom is 0.335 e. The first-order valence-electron chi connectivity index (χ1n) is 15.0. The summed E-state index contributed by atoms with van der Waals surface area (Å²) in [6, 6.07) is 15.3. The molecule has 5 aromatic rings. The van der Waals surface area contributed by atoms with Gasteiger partial charge >= 0.3 is 5.97 Å². The topological polar surface area (TPSA) is 137 Å². The van der Waals surface area contributed by atoms with Gasteiger partial charge in [0.2, 0.25) is 5.88 Å². The molecule has 2 aromatic carbocycles. The summed E-state index contributed by atoms with van der Waals surface area (Å²) in [4.78, 5) is 25.2. The fraction of sp³-hybridized carbons (Fsp3) is 0.257. The number of carboxylic acids is 1. The number of hydrogen-bond acceptors (Lipinski definition) is 8. The first kappa shape index (κ1) is 31.6. The number of halogens is 2. The molecule has 1 unspecified atom stereocenters. The third-order valence-electron chi connectivity index (χ3n) is 8.26. The molecular formula is C35H34F2N6O4. The SMILES string of the molecule is CN/C=C(\N)c1ccc(COc2cccc(-c3cc(F)c(Cc4nc5ccc(C(=O)O)cc5n4C4COCC4(C)C)cc3F)n2)cn1. The Balaban J connectivity index is 1.26. The fourth-order valence-electron chi connectivity index (χ4n) is 5.73. The average Bonchev–Trinajstić information content (AvgIpc) is 3.58. The van der Waals surface area contributed by atoms with Crippen LogP contribution in [-0.4, -0.2) is 50.9 Å². The van der Waals surface area contributed by atoms with Crippen molar-refractivity contribution in [1.82, 2.24) is 24.8 Å². The van der Waals surface area contributed by atoms with Crippen LogP contribution in [0.3, 0.4) is 0 Å². The molecule has 1 atom stereocenters. The second-order valence-electron chi connectivity index (χ2n) is 12.1. The van der Waals surface area contributed by atoms with E-state index in [1.165, 1.54) is 6.07 Å². The summed E-state index contributed by atoms with van der Waals surface area (Å²) in [6.45, 7) is 5.14. The van der Waals surface area contributed by atoms with Gasteiger partial charge in [-0.15, -0.1) is 0 Å². The van der Waals surface area contributed by atoms with Crippen molar-refractivity contribution in [3.05, 3.63) is 113 Å². The number of benzene rings is 2. The van der Waals surface area contributed by atoms with E-state index in [1.54, 1.807) is 55.8 Å². The first-order valence-corrected chi connectivity index (χ1v) is 15.0. The molecule has 12 heteroatoms. The van der Waals surface area contributed by atoms with Crippen molar-refractivity contribution in [1.29, 1.82) is 0 Å². The van der Waals surface area contributed by atoms with Crippen LogP contribution in [0.1, 0.15) is 52.9 Å². The highest BCUT2D eigenvalue weighted by Gasteiger charge is 2.39. The molecule has 0 aliphatic carbocycles. The second kappa shape index (κ2) is 12.8. The molecular weight excluding hydrogens is 606 g/mol. The lowest BCUT2D eigenvalue weighted by Gasteiger charge is -2.28. The zero-order valence-electron chi connectivity index (χ0n) is 26.1. The van der Waals surface area contributed by atoms with Gasteiger partial charge in [0.15, 0.2) is 0 Å². The number of pyridine rings is 2. The van der Waals surface area contributed by atoms with Crippen LogP contribution in [0.5, 0.6) is 5.88 Å². The molecule has 3 aromatic heterocycles. The summed E-state index contributed by atoms with van der Waals surface area (Å²) in [5.41, 5.74) is 9.11. The van der Waals surface area contributed by atoms with E-state index in [0.717, 1.165) is 17.7 Å². The number of ether oxygens (including phenoxy) is 2. The maximum absolute atomic E-state index is 15.7. The third kappa shape index (κ3) is 6.50. The minimum Gasteiger partial charge on any atom is -0.478 e. The molecule has 47 heavy (non-hydrogen) atoms. The highest BCUT2D eigenvalue weighted by atomic mass is 19.1. The number of aromatic carboxylic acids is 1. The highest BCUT2D eigenvalue weighted by Crippen LogP contribution is 2.40. The van der Waals surface area contributed by atoms with Gasteiger partial charge in [-0.2, -0.15) is 0 Å². The van der Waals surface area contributed by atoms with Crippen molar-refractivity contribution in [2.45, 2.75) is 32.9 Å². The van der Waals surface area contributed by atoms with Crippen molar-refractivity contribution >= 4 is 22.7 Å². The zero-order valence-corrected chi connectivity index (χ0v) is 26.1. The predicted octanol–water partition coefficient (Wildman–Crippen LogP) is 5.71. The molecule has 4 N–H and O–H groups in total. The number of imidazole rings is 1. The van der Waals surface area contributed by atoms with Crippen LogP contribution in [0.25, 0.3) is 28.0 Å². The molecule has 0 radical (unpaired) electrons. The van der Waals surface area contributed by atoms with Crippen LogP contribution in [0.15, 0.2) is 73.1 Å². The van der Waals surface area contributed by atoms with E-state index >= 15 is 8.78 Å². The molecule has 1 aliphatic rings. The second-order valence-corrected chi connectivity index (χ2v) is 12.1. The van der Waals surface area contributed by atoms with Gasteiger partial charge in [0.25, 0.3) is 0 Å². The summed E-state index contributed by atoms with van der Waals surface area (Å²) in [5.74, 6) is -1.63.